The Hall–Kier alpha value is -2.48. The predicted octanol–water partition coefficient (Wildman–Crippen LogP) is 3.80. The molecule has 0 aliphatic heterocycles. The van der Waals surface area contributed by atoms with Crippen molar-refractivity contribution in [3.05, 3.63) is 88.1 Å². The molecule has 7 heteroatoms. The Morgan fingerprint density at radius 2 is 1.67 bits per heavy atom. The monoisotopic (exact) mass is 401 g/mol. The lowest BCUT2D eigenvalue weighted by Crippen LogP contribution is -2.30. The van der Waals surface area contributed by atoms with Gasteiger partial charge in [0.2, 0.25) is 10.0 Å². The Morgan fingerprint density at radius 1 is 1.04 bits per heavy atom. The third-order valence-electron chi connectivity index (χ3n) is 4.07. The molecular formula is C20H19NO4S2. The van der Waals surface area contributed by atoms with Gasteiger partial charge in [-0.05, 0) is 29.0 Å². The summed E-state index contributed by atoms with van der Waals surface area (Å²) in [6.07, 6.45) is 0.488. The smallest absolute Gasteiger partial charge is 0.349 e. The van der Waals surface area contributed by atoms with E-state index in [4.69, 9.17) is 4.74 Å². The van der Waals surface area contributed by atoms with E-state index in [2.05, 4.69) is 4.72 Å². The van der Waals surface area contributed by atoms with E-state index >= 15 is 0 Å². The topological polar surface area (TPSA) is 72.5 Å². The first-order valence-corrected chi connectivity index (χ1v) is 10.6. The van der Waals surface area contributed by atoms with Crippen molar-refractivity contribution < 1.29 is 17.9 Å². The third-order valence-corrected chi connectivity index (χ3v) is 6.61. The SMILES string of the molecule is COC(=O)c1sccc1S(=O)(=O)N[C@H](Cc1ccccc1)c1ccccc1. The van der Waals surface area contributed by atoms with Gasteiger partial charge in [-0.25, -0.2) is 17.9 Å². The highest BCUT2D eigenvalue weighted by Crippen LogP contribution is 2.26. The number of hydrogen-bond donors (Lipinski definition) is 1. The van der Waals surface area contributed by atoms with Gasteiger partial charge in [-0.2, -0.15) is 0 Å². The molecule has 1 heterocycles. The normalized spacial score (nSPS) is 12.5. The van der Waals surface area contributed by atoms with Gasteiger partial charge in [0, 0.05) is 0 Å². The van der Waals surface area contributed by atoms with Crippen molar-refractivity contribution in [2.24, 2.45) is 0 Å². The molecule has 0 aliphatic carbocycles. The molecule has 3 rings (SSSR count). The quantitative estimate of drug-likeness (QED) is 0.611. The number of nitrogens with one attached hydrogen (secondary N) is 1. The molecule has 0 amide bonds. The number of rotatable bonds is 7. The molecule has 0 aliphatic rings. The van der Waals surface area contributed by atoms with Crippen LogP contribution in [0.25, 0.3) is 0 Å². The van der Waals surface area contributed by atoms with Gasteiger partial charge in [0.15, 0.2) is 0 Å². The van der Waals surface area contributed by atoms with E-state index in [-0.39, 0.29) is 9.77 Å². The summed E-state index contributed by atoms with van der Waals surface area (Å²) >= 11 is 1.04. The molecule has 1 N–H and O–H groups in total. The average Bonchev–Trinajstić information content (AvgIpc) is 3.19. The summed E-state index contributed by atoms with van der Waals surface area (Å²) in [5, 5.41) is 1.57. The van der Waals surface area contributed by atoms with Gasteiger partial charge < -0.3 is 4.74 Å². The van der Waals surface area contributed by atoms with E-state index in [0.717, 1.165) is 22.5 Å². The largest absolute Gasteiger partial charge is 0.465 e. The van der Waals surface area contributed by atoms with E-state index < -0.39 is 22.0 Å². The summed E-state index contributed by atoms with van der Waals surface area (Å²) in [6.45, 7) is 0. The van der Waals surface area contributed by atoms with Crippen LogP contribution < -0.4 is 4.72 Å². The Bertz CT molecular complexity index is 999. The van der Waals surface area contributed by atoms with Crippen molar-refractivity contribution in [1.29, 1.82) is 0 Å². The van der Waals surface area contributed by atoms with Crippen molar-refractivity contribution in [1.82, 2.24) is 4.72 Å². The molecular weight excluding hydrogens is 382 g/mol. The number of hydrogen-bond acceptors (Lipinski definition) is 5. The van der Waals surface area contributed by atoms with Crippen LogP contribution in [-0.4, -0.2) is 21.5 Å². The molecule has 3 aromatic rings. The number of ether oxygens (including phenoxy) is 1. The Kier molecular flexibility index (Phi) is 6.05. The van der Waals surface area contributed by atoms with Crippen molar-refractivity contribution in [3.63, 3.8) is 0 Å². The average molecular weight is 402 g/mol. The molecule has 0 radical (unpaired) electrons. The highest BCUT2D eigenvalue weighted by atomic mass is 32.2. The first-order valence-electron chi connectivity index (χ1n) is 8.28. The van der Waals surface area contributed by atoms with Gasteiger partial charge >= 0.3 is 5.97 Å². The van der Waals surface area contributed by atoms with Gasteiger partial charge in [-0.15, -0.1) is 11.3 Å². The molecule has 140 valence electrons. The summed E-state index contributed by atoms with van der Waals surface area (Å²) in [6, 6.07) is 20.0. The lowest BCUT2D eigenvalue weighted by molar-refractivity contribution is 0.0602. The molecule has 27 heavy (non-hydrogen) atoms. The van der Waals surface area contributed by atoms with E-state index in [1.807, 2.05) is 60.7 Å². The Balaban J connectivity index is 1.94. The van der Waals surface area contributed by atoms with Crippen LogP contribution in [0.1, 0.15) is 26.8 Å². The van der Waals surface area contributed by atoms with E-state index in [1.165, 1.54) is 13.2 Å². The van der Waals surface area contributed by atoms with Crippen molar-refractivity contribution in [3.8, 4) is 0 Å². The summed E-state index contributed by atoms with van der Waals surface area (Å²) in [5.41, 5.74) is 1.85. The number of thiophene rings is 1. The first kappa shape index (κ1) is 19.3. The number of benzene rings is 2. The van der Waals surface area contributed by atoms with Crippen LogP contribution in [0.5, 0.6) is 0 Å². The minimum atomic E-state index is -3.91. The van der Waals surface area contributed by atoms with Gasteiger partial charge in [0.25, 0.3) is 0 Å². The molecule has 0 saturated carbocycles. The van der Waals surface area contributed by atoms with Crippen molar-refractivity contribution in [2.45, 2.75) is 17.4 Å². The number of carbonyl (C=O) groups is 1. The second kappa shape index (κ2) is 8.47. The number of sulfonamides is 1. The zero-order valence-electron chi connectivity index (χ0n) is 14.7. The van der Waals surface area contributed by atoms with Crippen LogP contribution in [0.3, 0.4) is 0 Å². The maximum Gasteiger partial charge on any atom is 0.349 e. The summed E-state index contributed by atoms with van der Waals surface area (Å²) in [7, 11) is -2.68. The van der Waals surface area contributed by atoms with Gasteiger partial charge in [-0.1, -0.05) is 60.7 Å². The predicted molar refractivity (Wildman–Crippen MR) is 105 cm³/mol. The fraction of sp³-hybridized carbons (Fsp3) is 0.150. The molecule has 0 spiro atoms. The molecule has 0 bridgehead atoms. The molecule has 0 fully saturated rings. The number of esters is 1. The van der Waals surface area contributed by atoms with Crippen LogP contribution in [-0.2, 0) is 21.2 Å². The highest BCUT2D eigenvalue weighted by molar-refractivity contribution is 7.89. The maximum atomic E-state index is 13.0. The Labute approximate surface area is 162 Å². The standard InChI is InChI=1S/C20H19NO4S2/c1-25-20(22)19-18(12-13-26-19)27(23,24)21-17(16-10-6-3-7-11-16)14-15-8-4-2-5-9-15/h2-13,17,21H,14H2,1H3/t17-/m1/s1. The third kappa shape index (κ3) is 4.63. The zero-order valence-corrected chi connectivity index (χ0v) is 16.3. The van der Waals surface area contributed by atoms with E-state index in [9.17, 15) is 13.2 Å². The fourth-order valence-corrected chi connectivity index (χ4v) is 5.32. The lowest BCUT2D eigenvalue weighted by atomic mass is 10.00. The number of methoxy groups -OCH3 is 1. The van der Waals surface area contributed by atoms with Crippen LogP contribution in [0.2, 0.25) is 0 Å². The highest BCUT2D eigenvalue weighted by Gasteiger charge is 2.27. The minimum absolute atomic E-state index is 0.0617. The summed E-state index contributed by atoms with van der Waals surface area (Å²) in [4.78, 5) is 11.9. The second-order valence-corrected chi connectivity index (χ2v) is 8.48. The van der Waals surface area contributed by atoms with Crippen molar-refractivity contribution in [2.75, 3.05) is 7.11 Å². The fourth-order valence-electron chi connectivity index (χ4n) is 2.76. The zero-order chi connectivity index (χ0) is 19.3. The molecule has 1 atom stereocenters. The number of carbonyl (C=O) groups excluding carboxylic acids is 1. The minimum Gasteiger partial charge on any atom is -0.465 e. The first-order chi connectivity index (χ1) is 13.0. The molecule has 2 aromatic carbocycles. The van der Waals surface area contributed by atoms with E-state index in [0.29, 0.717) is 6.42 Å². The van der Waals surface area contributed by atoms with Crippen molar-refractivity contribution >= 4 is 27.3 Å². The molecule has 0 unspecified atom stereocenters. The van der Waals surface area contributed by atoms with E-state index in [1.54, 1.807) is 5.38 Å². The van der Waals surface area contributed by atoms with Crippen LogP contribution >= 0.6 is 11.3 Å². The van der Waals surface area contributed by atoms with Crippen LogP contribution in [0.4, 0.5) is 0 Å². The Morgan fingerprint density at radius 3 is 2.30 bits per heavy atom. The van der Waals surface area contributed by atoms with Crippen LogP contribution in [0.15, 0.2) is 77.0 Å². The maximum absolute atomic E-state index is 13.0. The summed E-state index contributed by atoms with van der Waals surface area (Å²) < 4.78 is 33.4. The lowest BCUT2D eigenvalue weighted by Gasteiger charge is -2.19. The molecule has 5 nitrogen and oxygen atoms in total. The van der Waals surface area contributed by atoms with Gasteiger partial charge in [-0.3, -0.25) is 0 Å². The van der Waals surface area contributed by atoms with Gasteiger partial charge in [0.05, 0.1) is 13.2 Å². The molecule has 0 saturated heterocycles. The second-order valence-electron chi connectivity index (χ2n) is 5.88. The van der Waals surface area contributed by atoms with Crippen LogP contribution in [0, 0.1) is 0 Å². The molecule has 1 aromatic heterocycles. The summed E-state index contributed by atoms with van der Waals surface area (Å²) in [5.74, 6) is -0.662. The van der Waals surface area contributed by atoms with Gasteiger partial charge in [0.1, 0.15) is 9.77 Å².